The molecule has 2 aromatic rings. The van der Waals surface area contributed by atoms with Gasteiger partial charge in [0.2, 0.25) is 10.0 Å². The zero-order chi connectivity index (χ0) is 20.2. The number of ether oxygens (including phenoxy) is 1. The zero-order valence-corrected chi connectivity index (χ0v) is 19.8. The maximum absolute atomic E-state index is 11.6. The molecule has 0 fully saturated rings. The number of furan rings is 1. The molecule has 0 unspecified atom stereocenters. The average Bonchev–Trinajstić information content (AvgIpc) is 3.21. The summed E-state index contributed by atoms with van der Waals surface area (Å²) in [4.78, 5) is 4.19. The molecule has 0 radical (unpaired) electrons. The zero-order valence-electron chi connectivity index (χ0n) is 16.7. The number of aliphatic imine (C=N–C) groups is 1. The monoisotopic (exact) mass is 536 g/mol. The third-order valence-corrected chi connectivity index (χ3v) is 5.29. The molecular formula is C19H29IN4O4S. The van der Waals surface area contributed by atoms with E-state index in [2.05, 4.69) is 20.3 Å². The van der Waals surface area contributed by atoms with E-state index in [0.717, 1.165) is 29.9 Å². The molecule has 3 N–H and O–H groups in total. The largest absolute Gasteiger partial charge is 0.467 e. The summed E-state index contributed by atoms with van der Waals surface area (Å²) in [5.74, 6) is 1.50. The first-order chi connectivity index (χ1) is 13.5. The Balaban J connectivity index is 0.00000420. The van der Waals surface area contributed by atoms with Gasteiger partial charge in [0.25, 0.3) is 0 Å². The van der Waals surface area contributed by atoms with Gasteiger partial charge in [-0.25, -0.2) is 13.1 Å². The molecule has 1 aromatic heterocycles. The van der Waals surface area contributed by atoms with Gasteiger partial charge in [-0.1, -0.05) is 24.3 Å². The lowest BCUT2D eigenvalue weighted by molar-refractivity contribution is 0.105. The van der Waals surface area contributed by atoms with Crippen molar-refractivity contribution in [1.82, 2.24) is 15.4 Å². The quantitative estimate of drug-likeness (QED) is 0.176. The third kappa shape index (κ3) is 10.1. The van der Waals surface area contributed by atoms with Crippen LogP contribution in [0, 0.1) is 0 Å². The van der Waals surface area contributed by atoms with Gasteiger partial charge in [0, 0.05) is 26.7 Å². The maximum atomic E-state index is 11.6. The normalized spacial score (nSPS) is 11.7. The van der Waals surface area contributed by atoms with Crippen molar-refractivity contribution in [2.24, 2.45) is 4.99 Å². The number of sulfonamides is 1. The highest BCUT2D eigenvalue weighted by molar-refractivity contribution is 14.0. The van der Waals surface area contributed by atoms with E-state index in [-0.39, 0.29) is 29.7 Å². The molecule has 0 aliphatic carbocycles. The second-order valence-corrected chi connectivity index (χ2v) is 8.04. The number of nitrogens with one attached hydrogen (secondary N) is 3. The Morgan fingerprint density at radius 3 is 2.48 bits per heavy atom. The van der Waals surface area contributed by atoms with Crippen molar-refractivity contribution >= 4 is 40.0 Å². The summed E-state index contributed by atoms with van der Waals surface area (Å²) in [5, 5.41) is 6.46. The maximum Gasteiger partial charge on any atom is 0.215 e. The van der Waals surface area contributed by atoms with Gasteiger partial charge in [-0.2, -0.15) is 0 Å². The molecule has 0 atom stereocenters. The Morgan fingerprint density at radius 1 is 1.14 bits per heavy atom. The third-order valence-electron chi connectivity index (χ3n) is 3.96. The van der Waals surface area contributed by atoms with Crippen LogP contribution < -0.4 is 15.4 Å². The van der Waals surface area contributed by atoms with Crippen LogP contribution in [0.4, 0.5) is 0 Å². The van der Waals surface area contributed by atoms with Crippen LogP contribution in [-0.2, 0) is 33.7 Å². The van der Waals surface area contributed by atoms with Crippen molar-refractivity contribution in [3.8, 4) is 0 Å². The molecule has 8 nitrogen and oxygen atoms in total. The number of guanidine groups is 1. The number of halogens is 1. The van der Waals surface area contributed by atoms with Gasteiger partial charge in [0.15, 0.2) is 5.96 Å². The van der Waals surface area contributed by atoms with Gasteiger partial charge in [-0.3, -0.25) is 4.99 Å². The van der Waals surface area contributed by atoms with Crippen molar-refractivity contribution in [3.05, 3.63) is 59.5 Å². The number of hydrogen-bond acceptors (Lipinski definition) is 5. The molecule has 0 amide bonds. The van der Waals surface area contributed by atoms with Crippen molar-refractivity contribution in [1.29, 1.82) is 0 Å². The van der Waals surface area contributed by atoms with Gasteiger partial charge >= 0.3 is 0 Å². The van der Waals surface area contributed by atoms with Crippen molar-refractivity contribution in [3.63, 3.8) is 0 Å². The summed E-state index contributed by atoms with van der Waals surface area (Å²) in [6, 6.07) is 11.2. The van der Waals surface area contributed by atoms with Crippen molar-refractivity contribution < 1.29 is 17.6 Å². The fourth-order valence-corrected chi connectivity index (χ4v) is 3.18. The molecule has 2 rings (SSSR count). The lowest BCUT2D eigenvalue weighted by atomic mass is 10.1. The number of benzene rings is 1. The summed E-state index contributed by atoms with van der Waals surface area (Å²) in [6.07, 6.45) is 2.48. The van der Waals surface area contributed by atoms with Crippen LogP contribution in [0.25, 0.3) is 0 Å². The second-order valence-electron chi connectivity index (χ2n) is 6.12. The molecule has 0 saturated heterocycles. The van der Waals surface area contributed by atoms with E-state index in [1.54, 1.807) is 13.3 Å². The van der Waals surface area contributed by atoms with Gasteiger partial charge in [0.05, 0.1) is 12.0 Å². The predicted octanol–water partition coefficient (Wildman–Crippen LogP) is 2.22. The summed E-state index contributed by atoms with van der Waals surface area (Å²) in [5.41, 5.74) is 1.78. The summed E-state index contributed by atoms with van der Waals surface area (Å²) < 4.78 is 36.2. The molecule has 0 aliphatic heterocycles. The first-order valence-electron chi connectivity index (χ1n) is 9.06. The molecule has 29 heavy (non-hydrogen) atoms. The van der Waals surface area contributed by atoms with Gasteiger partial charge in [-0.05, 0) is 36.7 Å². The molecule has 1 aromatic carbocycles. The molecule has 0 spiro atoms. The smallest absolute Gasteiger partial charge is 0.215 e. The Labute approximate surface area is 189 Å². The minimum Gasteiger partial charge on any atom is -0.467 e. The predicted molar refractivity (Wildman–Crippen MR) is 125 cm³/mol. The van der Waals surface area contributed by atoms with Crippen LogP contribution in [0.15, 0.2) is 52.1 Å². The number of rotatable bonds is 11. The lowest BCUT2D eigenvalue weighted by Crippen LogP contribution is -2.37. The van der Waals surface area contributed by atoms with Crippen molar-refractivity contribution in [2.45, 2.75) is 25.3 Å². The highest BCUT2D eigenvalue weighted by Crippen LogP contribution is 2.07. The van der Waals surface area contributed by atoms with Crippen LogP contribution in [0.5, 0.6) is 0 Å². The second kappa shape index (κ2) is 13.6. The first kappa shape index (κ1) is 25.4. The molecule has 1 heterocycles. The van der Waals surface area contributed by atoms with Crippen LogP contribution in [0.3, 0.4) is 0 Å². The van der Waals surface area contributed by atoms with Crippen LogP contribution in [0.1, 0.15) is 23.3 Å². The van der Waals surface area contributed by atoms with E-state index >= 15 is 0 Å². The number of hydrogen-bond donors (Lipinski definition) is 3. The molecule has 162 valence electrons. The fourth-order valence-electron chi connectivity index (χ4n) is 2.40. The Morgan fingerprint density at radius 2 is 1.86 bits per heavy atom. The first-order valence-corrected chi connectivity index (χ1v) is 10.7. The van der Waals surface area contributed by atoms with Gasteiger partial charge in [0.1, 0.15) is 12.4 Å². The standard InChI is InChI=1S/C19H28N4O4S.HI/c1-20-19(22-10-4-11-26-14-18-5-3-12-27-18)23-13-16-6-8-17(9-7-16)15-28(24,25)21-2;/h3,5-9,12,21H,4,10-11,13-15H2,1-2H3,(H2,20,22,23);1H. The summed E-state index contributed by atoms with van der Waals surface area (Å²) in [6.45, 7) is 2.43. The average molecular weight is 536 g/mol. The summed E-state index contributed by atoms with van der Waals surface area (Å²) >= 11 is 0. The SMILES string of the molecule is CN=C(NCCCOCc1ccco1)NCc1ccc(CS(=O)(=O)NC)cc1.I. The van der Waals surface area contributed by atoms with Crippen molar-refractivity contribution in [2.75, 3.05) is 27.2 Å². The Hall–Kier alpha value is -1.63. The Kier molecular flexibility index (Phi) is 11.9. The van der Waals surface area contributed by atoms with Gasteiger partial charge < -0.3 is 19.8 Å². The van der Waals surface area contributed by atoms with E-state index in [0.29, 0.717) is 25.7 Å². The molecule has 10 heteroatoms. The van der Waals surface area contributed by atoms with E-state index < -0.39 is 10.0 Å². The topological polar surface area (TPSA) is 105 Å². The summed E-state index contributed by atoms with van der Waals surface area (Å²) in [7, 11) is -0.124. The minimum atomic E-state index is -3.26. The van der Waals surface area contributed by atoms with E-state index in [1.807, 2.05) is 36.4 Å². The van der Waals surface area contributed by atoms with E-state index in [1.165, 1.54) is 7.05 Å². The molecule has 0 aliphatic rings. The Bertz CT molecular complexity index is 824. The van der Waals surface area contributed by atoms with Crippen LogP contribution >= 0.6 is 24.0 Å². The van der Waals surface area contributed by atoms with Gasteiger partial charge in [-0.15, -0.1) is 24.0 Å². The molecule has 0 saturated carbocycles. The highest BCUT2D eigenvalue weighted by Gasteiger charge is 2.08. The van der Waals surface area contributed by atoms with E-state index in [9.17, 15) is 8.42 Å². The lowest BCUT2D eigenvalue weighted by Gasteiger charge is -2.12. The number of nitrogens with zero attached hydrogens (tertiary/aromatic N) is 1. The fraction of sp³-hybridized carbons (Fsp3) is 0.421. The molecular weight excluding hydrogens is 507 g/mol. The minimum absolute atomic E-state index is 0. The van der Waals surface area contributed by atoms with Crippen LogP contribution in [-0.4, -0.2) is 41.6 Å². The molecule has 0 bridgehead atoms. The van der Waals surface area contributed by atoms with E-state index in [4.69, 9.17) is 9.15 Å². The highest BCUT2D eigenvalue weighted by atomic mass is 127. The van der Waals surface area contributed by atoms with Crippen LogP contribution in [0.2, 0.25) is 0 Å².